The van der Waals surface area contributed by atoms with Gasteiger partial charge >= 0.3 is 0 Å². The molecule has 0 bridgehead atoms. The van der Waals surface area contributed by atoms with Gasteiger partial charge in [0.15, 0.2) is 5.96 Å². The molecule has 0 spiro atoms. The zero-order valence-corrected chi connectivity index (χ0v) is 17.4. The van der Waals surface area contributed by atoms with E-state index in [2.05, 4.69) is 33.5 Å². The molecule has 5 nitrogen and oxygen atoms in total. The molecule has 0 amide bonds. The molecule has 1 fully saturated rings. The summed E-state index contributed by atoms with van der Waals surface area (Å²) in [5.74, 6) is 2.34. The van der Waals surface area contributed by atoms with Gasteiger partial charge in [-0.1, -0.05) is 19.1 Å². The number of hydrogen-bond acceptors (Lipinski definition) is 3. The molecule has 0 aromatic heterocycles. The number of nitrogens with one attached hydrogen (secondary N) is 2. The van der Waals surface area contributed by atoms with Gasteiger partial charge in [0.05, 0.1) is 7.11 Å². The summed E-state index contributed by atoms with van der Waals surface area (Å²) in [4.78, 5) is 6.85. The summed E-state index contributed by atoms with van der Waals surface area (Å²) in [7, 11) is 3.50. The Balaban J connectivity index is 0.00000288. The second-order valence-corrected chi connectivity index (χ2v) is 6.27. The molecule has 136 valence electrons. The predicted molar refractivity (Wildman–Crippen MR) is 111 cm³/mol. The van der Waals surface area contributed by atoms with Crippen molar-refractivity contribution < 1.29 is 4.74 Å². The summed E-state index contributed by atoms with van der Waals surface area (Å²) < 4.78 is 5.25. The zero-order chi connectivity index (χ0) is 16.5. The first-order chi connectivity index (χ1) is 11.2. The van der Waals surface area contributed by atoms with Crippen LogP contribution in [-0.2, 0) is 6.54 Å². The third-order valence-corrected chi connectivity index (χ3v) is 4.20. The lowest BCUT2D eigenvalue weighted by Gasteiger charge is -2.21. The number of hydrogen-bond donors (Lipinski definition) is 2. The summed E-state index contributed by atoms with van der Waals surface area (Å²) in [5.41, 5.74) is 1.18. The first-order valence-electron chi connectivity index (χ1n) is 8.51. The topological polar surface area (TPSA) is 48.9 Å². The molecule has 24 heavy (non-hydrogen) atoms. The van der Waals surface area contributed by atoms with Gasteiger partial charge < -0.3 is 20.3 Å². The van der Waals surface area contributed by atoms with Gasteiger partial charge in [0.2, 0.25) is 0 Å². The van der Waals surface area contributed by atoms with Crippen molar-refractivity contribution in [2.45, 2.75) is 26.3 Å². The molecule has 1 unspecified atom stereocenters. The summed E-state index contributed by atoms with van der Waals surface area (Å²) >= 11 is 0. The van der Waals surface area contributed by atoms with E-state index in [4.69, 9.17) is 4.74 Å². The fourth-order valence-corrected chi connectivity index (χ4v) is 2.93. The van der Waals surface area contributed by atoms with Gasteiger partial charge in [-0.15, -0.1) is 24.0 Å². The summed E-state index contributed by atoms with van der Waals surface area (Å²) in [5, 5.41) is 6.78. The van der Waals surface area contributed by atoms with Gasteiger partial charge in [-0.2, -0.15) is 0 Å². The van der Waals surface area contributed by atoms with Gasteiger partial charge in [-0.25, -0.2) is 0 Å². The smallest absolute Gasteiger partial charge is 0.191 e. The minimum atomic E-state index is 0. The van der Waals surface area contributed by atoms with Crippen molar-refractivity contribution in [1.29, 1.82) is 0 Å². The van der Waals surface area contributed by atoms with Gasteiger partial charge in [0, 0.05) is 26.7 Å². The molecule has 2 N–H and O–H groups in total. The highest BCUT2D eigenvalue weighted by atomic mass is 127. The Bertz CT molecular complexity index is 504. The van der Waals surface area contributed by atoms with E-state index in [1.807, 2.05) is 25.2 Å². The number of guanidine groups is 1. The van der Waals surface area contributed by atoms with Crippen molar-refractivity contribution in [3.05, 3.63) is 29.8 Å². The van der Waals surface area contributed by atoms with Crippen molar-refractivity contribution in [3.63, 3.8) is 0 Å². The molecule has 0 radical (unpaired) electrons. The van der Waals surface area contributed by atoms with E-state index in [0.717, 1.165) is 24.8 Å². The highest BCUT2D eigenvalue weighted by molar-refractivity contribution is 14.0. The van der Waals surface area contributed by atoms with Crippen molar-refractivity contribution in [1.82, 2.24) is 15.5 Å². The molecule has 1 saturated heterocycles. The summed E-state index contributed by atoms with van der Waals surface area (Å²) in [6, 6.07) is 8.08. The number of benzene rings is 1. The molecule has 0 aliphatic carbocycles. The minimum absolute atomic E-state index is 0. The molecular formula is C18H31IN4O. The number of methoxy groups -OCH3 is 1. The molecule has 1 aromatic carbocycles. The maximum absolute atomic E-state index is 5.25. The van der Waals surface area contributed by atoms with Crippen LogP contribution in [0.1, 0.15) is 25.3 Å². The quantitative estimate of drug-likeness (QED) is 0.384. The Hall–Kier alpha value is -1.02. The number of aliphatic imine (C=N–C) groups is 1. The number of ether oxygens (including phenoxy) is 1. The Labute approximate surface area is 163 Å². The van der Waals surface area contributed by atoms with E-state index < -0.39 is 0 Å². The largest absolute Gasteiger partial charge is 0.497 e. The average Bonchev–Trinajstić information content (AvgIpc) is 3.08. The third-order valence-electron chi connectivity index (χ3n) is 4.20. The highest BCUT2D eigenvalue weighted by Crippen LogP contribution is 2.12. The van der Waals surface area contributed by atoms with Gasteiger partial charge in [-0.05, 0) is 49.5 Å². The lowest BCUT2D eigenvalue weighted by Crippen LogP contribution is -2.41. The lowest BCUT2D eigenvalue weighted by molar-refractivity contribution is 0.287. The average molecular weight is 446 g/mol. The normalized spacial score (nSPS) is 16.4. The molecular weight excluding hydrogens is 415 g/mol. The van der Waals surface area contributed by atoms with E-state index in [1.165, 1.54) is 38.0 Å². The fourth-order valence-electron chi connectivity index (χ4n) is 2.93. The Morgan fingerprint density at radius 3 is 2.71 bits per heavy atom. The second kappa shape index (κ2) is 11.5. The Morgan fingerprint density at radius 1 is 1.29 bits per heavy atom. The Kier molecular flexibility index (Phi) is 10.1. The maximum Gasteiger partial charge on any atom is 0.191 e. The predicted octanol–water partition coefficient (Wildman–Crippen LogP) is 2.71. The van der Waals surface area contributed by atoms with Gasteiger partial charge in [0.1, 0.15) is 5.75 Å². The summed E-state index contributed by atoms with van der Waals surface area (Å²) in [6.07, 6.45) is 2.70. The van der Waals surface area contributed by atoms with Crippen molar-refractivity contribution >= 4 is 29.9 Å². The van der Waals surface area contributed by atoms with Crippen LogP contribution in [0.4, 0.5) is 0 Å². The van der Waals surface area contributed by atoms with E-state index in [1.54, 1.807) is 7.11 Å². The molecule has 1 aliphatic rings. The van der Waals surface area contributed by atoms with Crippen LogP contribution in [0, 0.1) is 5.92 Å². The minimum Gasteiger partial charge on any atom is -0.497 e. The monoisotopic (exact) mass is 446 g/mol. The number of halogens is 1. The van der Waals surface area contributed by atoms with Crippen molar-refractivity contribution in [2.75, 3.05) is 40.3 Å². The van der Waals surface area contributed by atoms with Crippen LogP contribution in [0.3, 0.4) is 0 Å². The Morgan fingerprint density at radius 2 is 2.04 bits per heavy atom. The van der Waals surface area contributed by atoms with Gasteiger partial charge in [-0.3, -0.25) is 4.99 Å². The van der Waals surface area contributed by atoms with Crippen molar-refractivity contribution in [2.24, 2.45) is 10.9 Å². The van der Waals surface area contributed by atoms with E-state index >= 15 is 0 Å². The SMILES string of the molecule is CN=C(NCc1cccc(OC)c1)NCC(C)CN1CCCC1.I. The van der Waals surface area contributed by atoms with Crippen LogP contribution in [0.5, 0.6) is 5.75 Å². The van der Waals surface area contributed by atoms with Gasteiger partial charge in [0.25, 0.3) is 0 Å². The van der Waals surface area contributed by atoms with Crippen LogP contribution in [-0.4, -0.2) is 51.2 Å². The van der Waals surface area contributed by atoms with Crippen LogP contribution >= 0.6 is 24.0 Å². The van der Waals surface area contributed by atoms with Crippen molar-refractivity contribution in [3.8, 4) is 5.75 Å². The maximum atomic E-state index is 5.25. The molecule has 6 heteroatoms. The van der Waals surface area contributed by atoms with E-state index in [9.17, 15) is 0 Å². The van der Waals surface area contributed by atoms with Crippen LogP contribution < -0.4 is 15.4 Å². The number of likely N-dealkylation sites (tertiary alicyclic amines) is 1. The lowest BCUT2D eigenvalue weighted by atomic mass is 10.1. The third kappa shape index (κ3) is 7.25. The standard InChI is InChI=1S/C18H30N4O.HI/c1-15(14-22-9-4-5-10-22)12-20-18(19-2)21-13-16-7-6-8-17(11-16)23-3;/h6-8,11,15H,4-5,9-10,12-14H2,1-3H3,(H2,19,20,21);1H. The molecule has 1 aromatic rings. The highest BCUT2D eigenvalue weighted by Gasteiger charge is 2.14. The molecule has 1 atom stereocenters. The van der Waals surface area contributed by atoms with Crippen LogP contribution in [0.2, 0.25) is 0 Å². The number of nitrogens with zero attached hydrogens (tertiary/aromatic N) is 2. The molecule has 0 saturated carbocycles. The van der Waals surface area contributed by atoms with Crippen LogP contribution in [0.15, 0.2) is 29.3 Å². The van der Waals surface area contributed by atoms with E-state index in [0.29, 0.717) is 5.92 Å². The molecule has 1 aliphatic heterocycles. The first-order valence-corrected chi connectivity index (χ1v) is 8.51. The van der Waals surface area contributed by atoms with Crippen LogP contribution in [0.25, 0.3) is 0 Å². The zero-order valence-electron chi connectivity index (χ0n) is 15.0. The summed E-state index contributed by atoms with van der Waals surface area (Å²) in [6.45, 7) is 7.65. The van der Waals surface area contributed by atoms with E-state index in [-0.39, 0.29) is 24.0 Å². The second-order valence-electron chi connectivity index (χ2n) is 6.27. The molecule has 1 heterocycles. The number of rotatable bonds is 7. The fraction of sp³-hybridized carbons (Fsp3) is 0.611. The molecule has 2 rings (SSSR count). The first kappa shape index (κ1) is 21.0.